The van der Waals surface area contributed by atoms with Gasteiger partial charge in [0.25, 0.3) is 0 Å². The summed E-state index contributed by atoms with van der Waals surface area (Å²) in [7, 11) is 0. The minimum absolute atomic E-state index is 0.0738. The third-order valence-corrected chi connectivity index (χ3v) is 3.71. The maximum Gasteiger partial charge on any atom is 0.308 e. The quantitative estimate of drug-likeness (QED) is 0.900. The molecule has 1 heterocycles. The zero-order valence-corrected chi connectivity index (χ0v) is 10.5. The summed E-state index contributed by atoms with van der Waals surface area (Å²) in [6, 6.07) is 7.51. The Balaban J connectivity index is 2.23. The van der Waals surface area contributed by atoms with E-state index >= 15 is 0 Å². The Morgan fingerprint density at radius 1 is 1.41 bits per heavy atom. The molecule has 0 saturated carbocycles. The van der Waals surface area contributed by atoms with Crippen LogP contribution in [0, 0.1) is 5.92 Å². The average Bonchev–Trinajstić information content (AvgIpc) is 2.74. The number of likely N-dealkylation sites (N-methyl/N-ethyl adjacent to an activating group) is 1. The Labute approximate surface area is 106 Å². The van der Waals surface area contributed by atoms with Crippen LogP contribution in [0.4, 0.5) is 0 Å². The van der Waals surface area contributed by atoms with E-state index in [1.165, 1.54) is 0 Å². The zero-order chi connectivity index (χ0) is 12.4. The third-order valence-electron chi connectivity index (χ3n) is 3.46. The average molecular weight is 254 g/mol. The van der Waals surface area contributed by atoms with E-state index in [9.17, 15) is 9.90 Å². The molecule has 1 aromatic rings. The van der Waals surface area contributed by atoms with Crippen LogP contribution in [0.5, 0.6) is 0 Å². The van der Waals surface area contributed by atoms with E-state index in [0.29, 0.717) is 11.6 Å². The first-order chi connectivity index (χ1) is 8.11. The van der Waals surface area contributed by atoms with Gasteiger partial charge in [0.15, 0.2) is 0 Å². The van der Waals surface area contributed by atoms with Gasteiger partial charge in [-0.2, -0.15) is 0 Å². The number of halogens is 1. The van der Waals surface area contributed by atoms with Crippen LogP contribution in [-0.4, -0.2) is 35.6 Å². The van der Waals surface area contributed by atoms with Crippen LogP contribution >= 0.6 is 11.6 Å². The first kappa shape index (κ1) is 12.4. The topological polar surface area (TPSA) is 40.5 Å². The molecule has 0 aliphatic carbocycles. The Morgan fingerprint density at radius 2 is 2.06 bits per heavy atom. The van der Waals surface area contributed by atoms with Gasteiger partial charge < -0.3 is 10.0 Å². The fraction of sp³-hybridized carbons (Fsp3) is 0.462. The molecule has 2 unspecified atom stereocenters. The highest BCUT2D eigenvalue weighted by Gasteiger charge is 2.37. The lowest BCUT2D eigenvalue weighted by Gasteiger charge is -2.15. The molecule has 2 rings (SSSR count). The van der Waals surface area contributed by atoms with E-state index in [-0.39, 0.29) is 11.8 Å². The summed E-state index contributed by atoms with van der Waals surface area (Å²) in [6.45, 7) is 4.41. The van der Waals surface area contributed by atoms with Gasteiger partial charge >= 0.3 is 5.97 Å². The second-order valence-corrected chi connectivity index (χ2v) is 4.89. The molecule has 1 aliphatic rings. The number of benzene rings is 1. The van der Waals surface area contributed by atoms with Crippen molar-refractivity contribution in [1.82, 2.24) is 4.90 Å². The second kappa shape index (κ2) is 5.07. The molecule has 0 amide bonds. The smallest absolute Gasteiger partial charge is 0.308 e. The van der Waals surface area contributed by atoms with Gasteiger partial charge in [0.2, 0.25) is 0 Å². The molecule has 0 aromatic heterocycles. The number of carboxylic acids is 1. The standard InChI is InChI=1S/C13H16ClNO2/c1-2-15-7-11(12(8-15)13(16)17)9-3-5-10(14)6-4-9/h3-6,11-12H,2,7-8H2,1H3,(H,16,17). The molecule has 4 heteroatoms. The van der Waals surface area contributed by atoms with Crippen LogP contribution in [0.1, 0.15) is 18.4 Å². The Bertz CT molecular complexity index is 404. The van der Waals surface area contributed by atoms with Crippen molar-refractivity contribution in [3.05, 3.63) is 34.9 Å². The molecule has 1 aromatic carbocycles. The van der Waals surface area contributed by atoms with Crippen molar-refractivity contribution >= 4 is 17.6 Å². The SMILES string of the molecule is CCN1CC(C(=O)O)C(c2ccc(Cl)cc2)C1. The predicted octanol–water partition coefficient (Wildman–Crippen LogP) is 2.46. The van der Waals surface area contributed by atoms with Gasteiger partial charge in [0, 0.05) is 24.0 Å². The van der Waals surface area contributed by atoms with Gasteiger partial charge in [0.05, 0.1) is 5.92 Å². The number of carbonyl (C=O) groups is 1. The second-order valence-electron chi connectivity index (χ2n) is 4.45. The fourth-order valence-corrected chi connectivity index (χ4v) is 2.57. The van der Waals surface area contributed by atoms with Crippen molar-refractivity contribution < 1.29 is 9.90 Å². The number of carboxylic acid groups (broad SMARTS) is 1. The van der Waals surface area contributed by atoms with Crippen LogP contribution in [0.25, 0.3) is 0 Å². The number of likely N-dealkylation sites (tertiary alicyclic amines) is 1. The van der Waals surface area contributed by atoms with Crippen molar-refractivity contribution in [1.29, 1.82) is 0 Å². The molecule has 1 aliphatic heterocycles. The van der Waals surface area contributed by atoms with Gasteiger partial charge in [-0.1, -0.05) is 30.7 Å². The van der Waals surface area contributed by atoms with E-state index in [4.69, 9.17) is 11.6 Å². The minimum Gasteiger partial charge on any atom is -0.481 e. The maximum atomic E-state index is 11.3. The summed E-state index contributed by atoms with van der Waals surface area (Å²) in [6.07, 6.45) is 0. The molecule has 0 spiro atoms. The number of nitrogens with zero attached hydrogens (tertiary/aromatic N) is 1. The van der Waals surface area contributed by atoms with Crippen LogP contribution in [0.15, 0.2) is 24.3 Å². The van der Waals surface area contributed by atoms with Crippen molar-refractivity contribution in [2.24, 2.45) is 5.92 Å². The first-order valence-electron chi connectivity index (χ1n) is 5.82. The number of hydrogen-bond acceptors (Lipinski definition) is 2. The molecule has 1 N–H and O–H groups in total. The van der Waals surface area contributed by atoms with E-state index < -0.39 is 5.97 Å². The highest BCUT2D eigenvalue weighted by atomic mass is 35.5. The van der Waals surface area contributed by atoms with Crippen molar-refractivity contribution in [2.75, 3.05) is 19.6 Å². The summed E-state index contributed by atoms with van der Waals surface area (Å²) in [5.41, 5.74) is 1.07. The van der Waals surface area contributed by atoms with Gasteiger partial charge in [-0.15, -0.1) is 0 Å². The monoisotopic (exact) mass is 253 g/mol. The highest BCUT2D eigenvalue weighted by Crippen LogP contribution is 2.33. The number of hydrogen-bond donors (Lipinski definition) is 1. The third kappa shape index (κ3) is 2.61. The van der Waals surface area contributed by atoms with Crippen LogP contribution in [0.3, 0.4) is 0 Å². The van der Waals surface area contributed by atoms with E-state index in [1.807, 2.05) is 24.3 Å². The number of rotatable bonds is 3. The first-order valence-corrected chi connectivity index (χ1v) is 6.20. The van der Waals surface area contributed by atoms with E-state index in [0.717, 1.165) is 18.7 Å². The Kier molecular flexibility index (Phi) is 3.69. The summed E-state index contributed by atoms with van der Waals surface area (Å²) >= 11 is 5.85. The number of aliphatic carboxylic acids is 1. The van der Waals surface area contributed by atoms with E-state index in [2.05, 4.69) is 11.8 Å². The molecular formula is C13H16ClNO2. The highest BCUT2D eigenvalue weighted by molar-refractivity contribution is 6.30. The Morgan fingerprint density at radius 3 is 2.59 bits per heavy atom. The lowest BCUT2D eigenvalue weighted by Crippen LogP contribution is -2.23. The largest absolute Gasteiger partial charge is 0.481 e. The van der Waals surface area contributed by atoms with Gasteiger partial charge in [0.1, 0.15) is 0 Å². The van der Waals surface area contributed by atoms with Crippen LogP contribution < -0.4 is 0 Å². The van der Waals surface area contributed by atoms with Crippen LogP contribution in [0.2, 0.25) is 5.02 Å². The normalized spacial score (nSPS) is 25.1. The maximum absolute atomic E-state index is 11.3. The Hall–Kier alpha value is -1.06. The lowest BCUT2D eigenvalue weighted by molar-refractivity contribution is -0.141. The van der Waals surface area contributed by atoms with Gasteiger partial charge in [-0.25, -0.2) is 0 Å². The predicted molar refractivity (Wildman–Crippen MR) is 67.4 cm³/mol. The van der Waals surface area contributed by atoms with E-state index in [1.54, 1.807) is 0 Å². The molecule has 2 atom stereocenters. The minimum atomic E-state index is -0.707. The summed E-state index contributed by atoms with van der Waals surface area (Å²) < 4.78 is 0. The molecular weight excluding hydrogens is 238 g/mol. The lowest BCUT2D eigenvalue weighted by atomic mass is 9.89. The van der Waals surface area contributed by atoms with Gasteiger partial charge in [-0.05, 0) is 24.2 Å². The van der Waals surface area contributed by atoms with Crippen molar-refractivity contribution in [3.63, 3.8) is 0 Å². The summed E-state index contributed by atoms with van der Waals surface area (Å²) in [4.78, 5) is 13.4. The molecule has 0 bridgehead atoms. The molecule has 1 saturated heterocycles. The van der Waals surface area contributed by atoms with Crippen molar-refractivity contribution in [2.45, 2.75) is 12.8 Å². The zero-order valence-electron chi connectivity index (χ0n) is 9.77. The van der Waals surface area contributed by atoms with Crippen molar-refractivity contribution in [3.8, 4) is 0 Å². The molecule has 17 heavy (non-hydrogen) atoms. The molecule has 1 fully saturated rings. The van der Waals surface area contributed by atoms with Crippen LogP contribution in [-0.2, 0) is 4.79 Å². The summed E-state index contributed by atoms with van der Waals surface area (Å²) in [5.74, 6) is -0.943. The molecule has 0 radical (unpaired) electrons. The summed E-state index contributed by atoms with van der Waals surface area (Å²) in [5, 5.41) is 9.95. The molecule has 3 nitrogen and oxygen atoms in total. The van der Waals surface area contributed by atoms with Gasteiger partial charge in [-0.3, -0.25) is 4.79 Å². The fourth-order valence-electron chi connectivity index (χ4n) is 2.44. The molecule has 92 valence electrons.